The first-order valence-electron chi connectivity index (χ1n) is 7.00. The van der Waals surface area contributed by atoms with Gasteiger partial charge in [-0.15, -0.1) is 0 Å². The lowest BCUT2D eigenvalue weighted by atomic mass is 10.1. The SMILES string of the molecule is COC(=O)/C=C1\C[C@H]2CO[C@H](c3ccc(OC)cc3)N2C1=O. The molecule has 0 saturated carbocycles. The Morgan fingerprint density at radius 3 is 2.68 bits per heavy atom. The van der Waals surface area contributed by atoms with Gasteiger partial charge in [0, 0.05) is 23.6 Å². The molecule has 2 aliphatic rings. The van der Waals surface area contributed by atoms with Crippen molar-refractivity contribution in [1.82, 2.24) is 4.90 Å². The number of amides is 1. The van der Waals surface area contributed by atoms with Crippen LogP contribution in [-0.4, -0.2) is 43.6 Å². The van der Waals surface area contributed by atoms with E-state index in [1.807, 2.05) is 24.3 Å². The number of nitrogens with zero attached hydrogens (tertiary/aromatic N) is 1. The first-order chi connectivity index (χ1) is 10.6. The highest BCUT2D eigenvalue weighted by atomic mass is 16.5. The number of hydrogen-bond acceptors (Lipinski definition) is 5. The van der Waals surface area contributed by atoms with Gasteiger partial charge in [-0.2, -0.15) is 0 Å². The maximum atomic E-state index is 12.5. The highest BCUT2D eigenvalue weighted by molar-refractivity contribution is 6.01. The van der Waals surface area contributed by atoms with Crippen molar-refractivity contribution in [2.75, 3.05) is 20.8 Å². The van der Waals surface area contributed by atoms with Crippen LogP contribution in [0.2, 0.25) is 0 Å². The molecule has 0 unspecified atom stereocenters. The molecule has 116 valence electrons. The van der Waals surface area contributed by atoms with Gasteiger partial charge >= 0.3 is 5.97 Å². The van der Waals surface area contributed by atoms with Crippen molar-refractivity contribution in [3.05, 3.63) is 41.5 Å². The third-order valence-electron chi connectivity index (χ3n) is 3.95. The van der Waals surface area contributed by atoms with E-state index in [9.17, 15) is 9.59 Å². The zero-order chi connectivity index (χ0) is 15.7. The highest BCUT2D eigenvalue weighted by Crippen LogP contribution is 2.39. The van der Waals surface area contributed by atoms with E-state index in [0.29, 0.717) is 18.6 Å². The van der Waals surface area contributed by atoms with Gasteiger partial charge < -0.3 is 19.1 Å². The largest absolute Gasteiger partial charge is 0.497 e. The van der Waals surface area contributed by atoms with E-state index in [-0.39, 0.29) is 11.9 Å². The van der Waals surface area contributed by atoms with Gasteiger partial charge in [-0.05, 0) is 12.1 Å². The first-order valence-corrected chi connectivity index (χ1v) is 7.00. The van der Waals surface area contributed by atoms with Gasteiger partial charge in [0.15, 0.2) is 6.23 Å². The Morgan fingerprint density at radius 1 is 1.32 bits per heavy atom. The summed E-state index contributed by atoms with van der Waals surface area (Å²) >= 11 is 0. The Balaban J connectivity index is 1.83. The number of rotatable bonds is 3. The van der Waals surface area contributed by atoms with Crippen LogP contribution >= 0.6 is 0 Å². The molecule has 0 aliphatic carbocycles. The second-order valence-corrected chi connectivity index (χ2v) is 5.22. The van der Waals surface area contributed by atoms with Crippen LogP contribution in [0, 0.1) is 0 Å². The Kier molecular flexibility index (Phi) is 3.85. The van der Waals surface area contributed by atoms with E-state index in [2.05, 4.69) is 4.74 Å². The normalized spacial score (nSPS) is 25.5. The number of methoxy groups -OCH3 is 2. The maximum Gasteiger partial charge on any atom is 0.330 e. The second-order valence-electron chi connectivity index (χ2n) is 5.22. The molecule has 0 aromatic heterocycles. The van der Waals surface area contributed by atoms with Crippen LogP contribution in [0.4, 0.5) is 0 Å². The number of benzene rings is 1. The number of hydrogen-bond donors (Lipinski definition) is 0. The van der Waals surface area contributed by atoms with E-state index >= 15 is 0 Å². The molecule has 6 heteroatoms. The molecule has 2 saturated heterocycles. The second kappa shape index (κ2) is 5.81. The Hall–Kier alpha value is -2.34. The fourth-order valence-corrected chi connectivity index (χ4v) is 2.84. The van der Waals surface area contributed by atoms with Crippen molar-refractivity contribution < 1.29 is 23.8 Å². The minimum absolute atomic E-state index is 0.0319. The predicted octanol–water partition coefficient (Wildman–Crippen LogP) is 1.42. The lowest BCUT2D eigenvalue weighted by molar-refractivity contribution is -0.136. The zero-order valence-electron chi connectivity index (χ0n) is 12.4. The molecule has 1 aromatic rings. The van der Waals surface area contributed by atoms with Crippen LogP contribution < -0.4 is 4.74 Å². The summed E-state index contributed by atoms with van der Waals surface area (Å²) < 4.78 is 15.5. The summed E-state index contributed by atoms with van der Waals surface area (Å²) in [5, 5.41) is 0. The fourth-order valence-electron chi connectivity index (χ4n) is 2.84. The van der Waals surface area contributed by atoms with Crippen LogP contribution in [0.15, 0.2) is 35.9 Å². The molecule has 2 atom stereocenters. The Labute approximate surface area is 128 Å². The van der Waals surface area contributed by atoms with Crippen molar-refractivity contribution >= 4 is 11.9 Å². The summed E-state index contributed by atoms with van der Waals surface area (Å²) in [6.45, 7) is 0.459. The van der Waals surface area contributed by atoms with Gasteiger partial charge in [-0.25, -0.2) is 4.79 Å². The molecule has 1 amide bonds. The maximum absolute atomic E-state index is 12.5. The molecule has 2 fully saturated rings. The molecule has 0 spiro atoms. The van der Waals surface area contributed by atoms with Crippen LogP contribution in [0.3, 0.4) is 0 Å². The fraction of sp³-hybridized carbons (Fsp3) is 0.375. The van der Waals surface area contributed by atoms with E-state index in [1.54, 1.807) is 12.0 Å². The molecular formula is C16H17NO5. The number of carbonyl (C=O) groups excluding carboxylic acids is 2. The van der Waals surface area contributed by atoms with Gasteiger partial charge in [0.05, 0.1) is 26.9 Å². The van der Waals surface area contributed by atoms with Gasteiger partial charge in [-0.3, -0.25) is 4.79 Å². The monoisotopic (exact) mass is 303 g/mol. The predicted molar refractivity (Wildman–Crippen MR) is 77.0 cm³/mol. The van der Waals surface area contributed by atoms with E-state index in [0.717, 1.165) is 11.3 Å². The topological polar surface area (TPSA) is 65.1 Å². The summed E-state index contributed by atoms with van der Waals surface area (Å²) in [5.41, 5.74) is 1.36. The number of fused-ring (bicyclic) bond motifs is 1. The molecule has 0 bridgehead atoms. The first kappa shape index (κ1) is 14.6. The lowest BCUT2D eigenvalue weighted by Gasteiger charge is -2.22. The standard InChI is InChI=1S/C16H17NO5/c1-20-13-5-3-10(4-6-13)16-17-12(9-22-16)7-11(15(17)19)8-14(18)21-2/h3-6,8,12,16H,7,9H2,1-2H3/b11-8+/t12-,16+/m0/s1. The molecule has 2 heterocycles. The molecular weight excluding hydrogens is 286 g/mol. The molecule has 22 heavy (non-hydrogen) atoms. The molecule has 2 aliphatic heterocycles. The Bertz CT molecular complexity index is 622. The molecule has 0 radical (unpaired) electrons. The minimum Gasteiger partial charge on any atom is -0.497 e. The van der Waals surface area contributed by atoms with Crippen molar-refractivity contribution in [2.45, 2.75) is 18.7 Å². The number of carbonyl (C=O) groups is 2. The minimum atomic E-state index is -0.508. The van der Waals surface area contributed by atoms with E-state index in [1.165, 1.54) is 13.2 Å². The quantitative estimate of drug-likeness (QED) is 0.624. The average Bonchev–Trinajstić information content (AvgIpc) is 3.08. The third-order valence-corrected chi connectivity index (χ3v) is 3.95. The van der Waals surface area contributed by atoms with Crippen LogP contribution in [0.25, 0.3) is 0 Å². The summed E-state index contributed by atoms with van der Waals surface area (Å²) in [4.78, 5) is 25.5. The summed E-state index contributed by atoms with van der Waals surface area (Å²) in [5.74, 6) is 0.0671. The third kappa shape index (κ3) is 2.46. The summed E-state index contributed by atoms with van der Waals surface area (Å²) in [6.07, 6.45) is 1.35. The van der Waals surface area contributed by atoms with E-state index in [4.69, 9.17) is 9.47 Å². The molecule has 1 aromatic carbocycles. The average molecular weight is 303 g/mol. The molecule has 0 N–H and O–H groups in total. The van der Waals surface area contributed by atoms with Crippen LogP contribution in [0.5, 0.6) is 5.75 Å². The number of esters is 1. The van der Waals surface area contributed by atoms with Crippen molar-refractivity contribution in [1.29, 1.82) is 0 Å². The van der Waals surface area contributed by atoms with Gasteiger partial charge in [-0.1, -0.05) is 12.1 Å². The van der Waals surface area contributed by atoms with Crippen molar-refractivity contribution in [3.63, 3.8) is 0 Å². The zero-order valence-corrected chi connectivity index (χ0v) is 12.4. The van der Waals surface area contributed by atoms with Gasteiger partial charge in [0.25, 0.3) is 5.91 Å². The number of ether oxygens (including phenoxy) is 3. The summed E-state index contributed by atoms with van der Waals surface area (Å²) in [6, 6.07) is 7.38. The molecule has 6 nitrogen and oxygen atoms in total. The van der Waals surface area contributed by atoms with Gasteiger partial charge in [0.2, 0.25) is 0 Å². The Morgan fingerprint density at radius 2 is 2.05 bits per heavy atom. The van der Waals surface area contributed by atoms with Crippen LogP contribution in [0.1, 0.15) is 18.2 Å². The van der Waals surface area contributed by atoms with E-state index < -0.39 is 12.2 Å². The van der Waals surface area contributed by atoms with Crippen LogP contribution in [-0.2, 0) is 19.1 Å². The summed E-state index contributed by atoms with van der Waals surface area (Å²) in [7, 11) is 2.90. The molecule has 3 rings (SSSR count). The lowest BCUT2D eigenvalue weighted by Crippen LogP contribution is -2.31. The van der Waals surface area contributed by atoms with Crippen molar-refractivity contribution in [3.8, 4) is 5.75 Å². The van der Waals surface area contributed by atoms with Crippen molar-refractivity contribution in [2.24, 2.45) is 0 Å². The van der Waals surface area contributed by atoms with Gasteiger partial charge in [0.1, 0.15) is 5.75 Å². The highest BCUT2D eigenvalue weighted by Gasteiger charge is 2.45. The smallest absolute Gasteiger partial charge is 0.330 e.